The lowest BCUT2D eigenvalue weighted by Gasteiger charge is -2.23. The summed E-state index contributed by atoms with van der Waals surface area (Å²) in [6, 6.07) is 8.31. The van der Waals surface area contributed by atoms with Gasteiger partial charge in [-0.3, -0.25) is 4.79 Å². The van der Waals surface area contributed by atoms with Crippen LogP contribution in [0.3, 0.4) is 0 Å². The molecular formula is C18H28N2OS. The van der Waals surface area contributed by atoms with Crippen molar-refractivity contribution in [2.24, 2.45) is 5.92 Å². The molecule has 0 saturated carbocycles. The molecule has 0 spiro atoms. The molecule has 1 aromatic carbocycles. The van der Waals surface area contributed by atoms with E-state index in [1.807, 2.05) is 37.8 Å². The van der Waals surface area contributed by atoms with Gasteiger partial charge in [-0.25, -0.2) is 0 Å². The third-order valence-electron chi connectivity index (χ3n) is 3.80. The van der Waals surface area contributed by atoms with Gasteiger partial charge in [-0.15, -0.1) is 0 Å². The minimum atomic E-state index is -0.207. The van der Waals surface area contributed by atoms with Crippen molar-refractivity contribution in [3.8, 4) is 0 Å². The lowest BCUT2D eigenvalue weighted by atomic mass is 9.96. The number of carbonyl (C=O) groups excluding carboxylic acids is 1. The molecule has 1 aromatic rings. The van der Waals surface area contributed by atoms with Gasteiger partial charge >= 0.3 is 0 Å². The Hall–Kier alpha value is -1.42. The summed E-state index contributed by atoms with van der Waals surface area (Å²) in [5.41, 5.74) is 2.33. The molecule has 3 nitrogen and oxygen atoms in total. The van der Waals surface area contributed by atoms with Gasteiger partial charge in [0.25, 0.3) is 0 Å². The molecule has 0 bridgehead atoms. The minimum absolute atomic E-state index is 0.0477. The first-order chi connectivity index (χ1) is 10.4. The van der Waals surface area contributed by atoms with Gasteiger partial charge in [0.05, 0.1) is 5.92 Å². The third-order valence-corrected chi connectivity index (χ3v) is 4.16. The van der Waals surface area contributed by atoms with E-state index in [4.69, 9.17) is 12.2 Å². The molecule has 0 radical (unpaired) electrons. The molecule has 0 aliphatic heterocycles. The summed E-state index contributed by atoms with van der Waals surface area (Å²) in [4.78, 5) is 14.3. The predicted octanol–water partition coefficient (Wildman–Crippen LogP) is 3.73. The maximum atomic E-state index is 12.3. The highest BCUT2D eigenvalue weighted by atomic mass is 32.1. The zero-order valence-corrected chi connectivity index (χ0v) is 15.2. The van der Waals surface area contributed by atoms with E-state index in [0.29, 0.717) is 11.0 Å². The molecule has 22 heavy (non-hydrogen) atoms. The fourth-order valence-corrected chi connectivity index (χ4v) is 2.73. The molecule has 0 aliphatic rings. The molecule has 1 unspecified atom stereocenters. The van der Waals surface area contributed by atoms with Crippen molar-refractivity contribution in [3.05, 3.63) is 35.4 Å². The van der Waals surface area contributed by atoms with E-state index in [0.717, 1.165) is 25.1 Å². The normalized spacial score (nSPS) is 12.1. The van der Waals surface area contributed by atoms with Gasteiger partial charge in [0.15, 0.2) is 5.11 Å². The number of benzene rings is 1. The maximum absolute atomic E-state index is 12.3. The smallest absolute Gasteiger partial charge is 0.233 e. The topological polar surface area (TPSA) is 32.3 Å². The van der Waals surface area contributed by atoms with Gasteiger partial charge in [0.2, 0.25) is 5.91 Å². The van der Waals surface area contributed by atoms with Crippen LogP contribution >= 0.6 is 12.2 Å². The van der Waals surface area contributed by atoms with E-state index in [9.17, 15) is 4.79 Å². The summed E-state index contributed by atoms with van der Waals surface area (Å²) in [6.07, 6.45) is 1.06. The van der Waals surface area contributed by atoms with Crippen LogP contribution in [0.15, 0.2) is 24.3 Å². The number of hydrogen-bond donors (Lipinski definition) is 1. The van der Waals surface area contributed by atoms with Gasteiger partial charge in [0.1, 0.15) is 0 Å². The van der Waals surface area contributed by atoms with Gasteiger partial charge < -0.3 is 10.2 Å². The molecule has 0 saturated heterocycles. The largest absolute Gasteiger partial charge is 0.350 e. The average Bonchev–Trinajstić information content (AvgIpc) is 2.47. The van der Waals surface area contributed by atoms with Gasteiger partial charge in [-0.1, -0.05) is 38.1 Å². The number of amides is 1. The monoisotopic (exact) mass is 320 g/mol. The summed E-state index contributed by atoms with van der Waals surface area (Å²) in [5, 5.41) is 3.36. The zero-order chi connectivity index (χ0) is 16.7. The highest BCUT2D eigenvalue weighted by molar-refractivity contribution is 7.80. The summed E-state index contributed by atoms with van der Waals surface area (Å²) >= 11 is 5.28. The van der Waals surface area contributed by atoms with E-state index >= 15 is 0 Å². The SMILES string of the molecule is CCN(CC)C(=S)NC(=O)C(C)c1ccc(CC(C)C)cc1. The van der Waals surface area contributed by atoms with Crippen molar-refractivity contribution < 1.29 is 4.79 Å². The average molecular weight is 321 g/mol. The van der Waals surface area contributed by atoms with Crippen molar-refractivity contribution in [1.29, 1.82) is 0 Å². The number of carbonyl (C=O) groups is 1. The molecule has 1 amide bonds. The first-order valence-electron chi connectivity index (χ1n) is 8.07. The Balaban J connectivity index is 2.68. The molecule has 1 rings (SSSR count). The Kier molecular flexibility index (Phi) is 7.52. The van der Waals surface area contributed by atoms with E-state index in [2.05, 4.69) is 31.3 Å². The lowest BCUT2D eigenvalue weighted by Crippen LogP contribution is -2.43. The predicted molar refractivity (Wildman–Crippen MR) is 97.1 cm³/mol. The second-order valence-electron chi connectivity index (χ2n) is 6.03. The van der Waals surface area contributed by atoms with E-state index in [-0.39, 0.29) is 11.8 Å². The molecular weight excluding hydrogens is 292 g/mol. The Bertz CT molecular complexity index is 492. The minimum Gasteiger partial charge on any atom is -0.350 e. The number of rotatable bonds is 6. The van der Waals surface area contributed by atoms with Crippen molar-refractivity contribution in [1.82, 2.24) is 10.2 Å². The summed E-state index contributed by atoms with van der Waals surface area (Å²) in [5.74, 6) is 0.383. The van der Waals surface area contributed by atoms with Crippen LogP contribution in [0, 0.1) is 5.92 Å². The van der Waals surface area contributed by atoms with Crippen LogP contribution in [0.4, 0.5) is 0 Å². The fourth-order valence-electron chi connectivity index (χ4n) is 2.37. The van der Waals surface area contributed by atoms with Crippen LogP contribution in [0.2, 0.25) is 0 Å². The first kappa shape index (κ1) is 18.6. The van der Waals surface area contributed by atoms with Gasteiger partial charge in [-0.2, -0.15) is 0 Å². The number of hydrogen-bond acceptors (Lipinski definition) is 2. The Morgan fingerprint density at radius 2 is 1.68 bits per heavy atom. The number of nitrogens with one attached hydrogen (secondary N) is 1. The lowest BCUT2D eigenvalue weighted by molar-refractivity contribution is -0.120. The highest BCUT2D eigenvalue weighted by Crippen LogP contribution is 2.17. The van der Waals surface area contributed by atoms with Crippen LogP contribution in [0.5, 0.6) is 0 Å². The summed E-state index contributed by atoms with van der Waals surface area (Å²) in [6.45, 7) is 12.0. The Labute approximate surface area is 140 Å². The van der Waals surface area contributed by atoms with E-state index in [1.54, 1.807) is 0 Å². The zero-order valence-electron chi connectivity index (χ0n) is 14.3. The quantitative estimate of drug-likeness (QED) is 0.811. The van der Waals surface area contributed by atoms with Crippen molar-refractivity contribution in [2.45, 2.75) is 47.0 Å². The molecule has 4 heteroatoms. The number of thiocarbonyl (C=S) groups is 1. The summed E-state index contributed by atoms with van der Waals surface area (Å²) in [7, 11) is 0. The second-order valence-corrected chi connectivity index (χ2v) is 6.41. The third kappa shape index (κ3) is 5.41. The molecule has 0 fully saturated rings. The molecule has 0 aromatic heterocycles. The molecule has 0 aliphatic carbocycles. The van der Waals surface area contributed by atoms with E-state index in [1.165, 1.54) is 5.56 Å². The van der Waals surface area contributed by atoms with Crippen LogP contribution in [0.25, 0.3) is 0 Å². The fraction of sp³-hybridized carbons (Fsp3) is 0.556. The maximum Gasteiger partial charge on any atom is 0.233 e. The molecule has 1 atom stereocenters. The van der Waals surface area contributed by atoms with Crippen LogP contribution < -0.4 is 5.32 Å². The Morgan fingerprint density at radius 1 is 1.14 bits per heavy atom. The molecule has 1 N–H and O–H groups in total. The van der Waals surface area contributed by atoms with Gasteiger partial charge in [0, 0.05) is 13.1 Å². The summed E-state index contributed by atoms with van der Waals surface area (Å²) < 4.78 is 0. The van der Waals surface area contributed by atoms with Crippen LogP contribution in [0.1, 0.15) is 51.7 Å². The number of nitrogens with zero attached hydrogens (tertiary/aromatic N) is 1. The Morgan fingerprint density at radius 3 is 2.14 bits per heavy atom. The van der Waals surface area contributed by atoms with E-state index < -0.39 is 0 Å². The highest BCUT2D eigenvalue weighted by Gasteiger charge is 2.18. The van der Waals surface area contributed by atoms with Crippen molar-refractivity contribution in [3.63, 3.8) is 0 Å². The van der Waals surface area contributed by atoms with Crippen molar-refractivity contribution in [2.75, 3.05) is 13.1 Å². The molecule has 0 heterocycles. The standard InChI is InChI=1S/C18H28N2OS/c1-6-20(7-2)18(22)19-17(21)14(5)16-10-8-15(9-11-16)12-13(3)4/h8-11,13-14H,6-7,12H2,1-5H3,(H,19,21,22). The first-order valence-corrected chi connectivity index (χ1v) is 8.48. The van der Waals surface area contributed by atoms with Crippen LogP contribution in [-0.4, -0.2) is 29.0 Å². The van der Waals surface area contributed by atoms with Crippen LogP contribution in [-0.2, 0) is 11.2 Å². The van der Waals surface area contributed by atoms with Gasteiger partial charge in [-0.05, 0) is 56.5 Å². The second kappa shape index (κ2) is 8.89. The molecule has 122 valence electrons. The van der Waals surface area contributed by atoms with Crippen molar-refractivity contribution >= 4 is 23.2 Å².